The van der Waals surface area contributed by atoms with Crippen molar-refractivity contribution in [1.82, 2.24) is 5.32 Å². The second kappa shape index (κ2) is 6.78. The third-order valence-corrected chi connectivity index (χ3v) is 4.04. The lowest BCUT2D eigenvalue weighted by Crippen LogP contribution is -2.19. The molecule has 2 aromatic carbocycles. The number of ether oxygens (including phenoxy) is 1. The zero-order chi connectivity index (χ0) is 14.5. The Balaban J connectivity index is 2.21. The quantitative estimate of drug-likeness (QED) is 0.892. The summed E-state index contributed by atoms with van der Waals surface area (Å²) in [7, 11) is 3.66. The van der Waals surface area contributed by atoms with E-state index in [1.807, 2.05) is 31.3 Å². The van der Waals surface area contributed by atoms with Crippen molar-refractivity contribution >= 4 is 11.6 Å². The van der Waals surface area contributed by atoms with Crippen molar-refractivity contribution in [3.63, 3.8) is 0 Å². The van der Waals surface area contributed by atoms with E-state index in [2.05, 4.69) is 30.4 Å². The fraction of sp³-hybridized carbons (Fsp3) is 0.294. The van der Waals surface area contributed by atoms with Gasteiger partial charge in [-0.2, -0.15) is 0 Å². The standard InChI is InChI=1S/C17H20ClNO/c1-12-15(5-4-6-16(12)18)17(19-2)11-13-7-9-14(20-3)10-8-13/h4-10,17,19H,11H2,1-3H3. The maximum atomic E-state index is 6.21. The van der Waals surface area contributed by atoms with Gasteiger partial charge in [0.2, 0.25) is 0 Å². The van der Waals surface area contributed by atoms with Gasteiger partial charge in [-0.3, -0.25) is 0 Å². The SMILES string of the molecule is CNC(Cc1ccc(OC)cc1)c1cccc(Cl)c1C. The third-order valence-electron chi connectivity index (χ3n) is 3.63. The minimum absolute atomic E-state index is 0.252. The number of benzene rings is 2. The smallest absolute Gasteiger partial charge is 0.118 e. The van der Waals surface area contributed by atoms with E-state index in [4.69, 9.17) is 16.3 Å². The largest absolute Gasteiger partial charge is 0.497 e. The average molecular weight is 290 g/mol. The Hall–Kier alpha value is -1.51. The first kappa shape index (κ1) is 14.9. The maximum Gasteiger partial charge on any atom is 0.118 e. The molecule has 2 aromatic rings. The van der Waals surface area contributed by atoms with Gasteiger partial charge in [0.1, 0.15) is 5.75 Å². The Morgan fingerprint density at radius 2 is 1.85 bits per heavy atom. The zero-order valence-corrected chi connectivity index (χ0v) is 12.9. The van der Waals surface area contributed by atoms with Crippen LogP contribution in [0.15, 0.2) is 42.5 Å². The molecule has 0 aromatic heterocycles. The van der Waals surface area contributed by atoms with E-state index in [0.717, 1.165) is 22.8 Å². The van der Waals surface area contributed by atoms with E-state index in [1.54, 1.807) is 7.11 Å². The molecule has 1 N–H and O–H groups in total. The minimum Gasteiger partial charge on any atom is -0.497 e. The van der Waals surface area contributed by atoms with E-state index >= 15 is 0 Å². The second-order valence-corrected chi connectivity index (χ2v) is 5.25. The summed E-state index contributed by atoms with van der Waals surface area (Å²) in [6.45, 7) is 2.07. The van der Waals surface area contributed by atoms with Crippen molar-refractivity contribution in [2.24, 2.45) is 0 Å². The highest BCUT2D eigenvalue weighted by atomic mass is 35.5. The summed E-state index contributed by atoms with van der Waals surface area (Å²) in [5, 5.41) is 4.19. The monoisotopic (exact) mass is 289 g/mol. The zero-order valence-electron chi connectivity index (χ0n) is 12.1. The average Bonchev–Trinajstić information content (AvgIpc) is 2.48. The molecule has 0 radical (unpaired) electrons. The van der Waals surface area contributed by atoms with E-state index < -0.39 is 0 Å². The molecule has 3 heteroatoms. The summed E-state index contributed by atoms with van der Waals surface area (Å²) in [6.07, 6.45) is 0.918. The molecule has 0 amide bonds. The van der Waals surface area contributed by atoms with E-state index in [0.29, 0.717) is 0 Å². The van der Waals surface area contributed by atoms with Crippen LogP contribution in [0.1, 0.15) is 22.7 Å². The van der Waals surface area contributed by atoms with Crippen LogP contribution in [0.4, 0.5) is 0 Å². The molecule has 0 aliphatic rings. The van der Waals surface area contributed by atoms with Gasteiger partial charge in [-0.25, -0.2) is 0 Å². The Kier molecular flexibility index (Phi) is 5.05. The van der Waals surface area contributed by atoms with Crippen LogP contribution in [0.5, 0.6) is 5.75 Å². The Morgan fingerprint density at radius 1 is 1.15 bits per heavy atom. The Bertz CT molecular complexity index is 566. The molecule has 1 atom stereocenters. The van der Waals surface area contributed by atoms with Crippen molar-refractivity contribution < 1.29 is 4.74 Å². The highest BCUT2D eigenvalue weighted by Gasteiger charge is 2.14. The molecule has 0 bridgehead atoms. The molecule has 0 saturated heterocycles. The van der Waals surface area contributed by atoms with Gasteiger partial charge in [0.15, 0.2) is 0 Å². The lowest BCUT2D eigenvalue weighted by molar-refractivity contribution is 0.414. The van der Waals surface area contributed by atoms with Gasteiger partial charge in [0, 0.05) is 11.1 Å². The first-order valence-electron chi connectivity index (χ1n) is 6.71. The molecule has 0 saturated carbocycles. The summed E-state index contributed by atoms with van der Waals surface area (Å²) in [5.74, 6) is 0.883. The Labute approximate surface area is 125 Å². The van der Waals surface area contributed by atoms with Crippen LogP contribution in [0, 0.1) is 6.92 Å². The van der Waals surface area contributed by atoms with Crippen molar-refractivity contribution in [2.45, 2.75) is 19.4 Å². The van der Waals surface area contributed by atoms with Crippen LogP contribution in [-0.4, -0.2) is 14.2 Å². The van der Waals surface area contributed by atoms with Gasteiger partial charge in [0.05, 0.1) is 7.11 Å². The molecule has 0 fully saturated rings. The summed E-state index contributed by atoms with van der Waals surface area (Å²) in [6, 6.07) is 14.5. The van der Waals surface area contributed by atoms with Gasteiger partial charge in [-0.05, 0) is 55.3 Å². The van der Waals surface area contributed by atoms with Gasteiger partial charge in [-0.15, -0.1) is 0 Å². The van der Waals surface area contributed by atoms with Gasteiger partial charge >= 0.3 is 0 Å². The molecular weight excluding hydrogens is 270 g/mol. The lowest BCUT2D eigenvalue weighted by Gasteiger charge is -2.20. The normalized spacial score (nSPS) is 12.2. The molecule has 0 heterocycles. The van der Waals surface area contributed by atoms with Gasteiger partial charge in [0.25, 0.3) is 0 Å². The van der Waals surface area contributed by atoms with Crippen LogP contribution in [-0.2, 0) is 6.42 Å². The number of hydrogen-bond acceptors (Lipinski definition) is 2. The third kappa shape index (κ3) is 3.33. The molecule has 0 aliphatic heterocycles. The van der Waals surface area contributed by atoms with Crippen molar-refractivity contribution in [2.75, 3.05) is 14.2 Å². The van der Waals surface area contributed by atoms with Crippen LogP contribution in [0.2, 0.25) is 5.02 Å². The second-order valence-electron chi connectivity index (χ2n) is 4.85. The van der Waals surface area contributed by atoms with Crippen molar-refractivity contribution in [3.05, 3.63) is 64.2 Å². The molecule has 0 aliphatic carbocycles. The molecule has 2 rings (SSSR count). The summed E-state index contributed by atoms with van der Waals surface area (Å²) in [4.78, 5) is 0. The minimum atomic E-state index is 0.252. The molecule has 20 heavy (non-hydrogen) atoms. The molecule has 2 nitrogen and oxygen atoms in total. The first-order valence-corrected chi connectivity index (χ1v) is 7.08. The number of methoxy groups -OCH3 is 1. The summed E-state index contributed by atoms with van der Waals surface area (Å²) < 4.78 is 5.19. The molecule has 106 valence electrons. The number of nitrogens with one attached hydrogen (secondary N) is 1. The Morgan fingerprint density at radius 3 is 2.45 bits per heavy atom. The van der Waals surface area contributed by atoms with E-state index in [9.17, 15) is 0 Å². The molecule has 1 unspecified atom stereocenters. The summed E-state index contributed by atoms with van der Waals surface area (Å²) in [5.41, 5.74) is 3.65. The number of rotatable bonds is 5. The molecular formula is C17H20ClNO. The fourth-order valence-corrected chi connectivity index (χ4v) is 2.55. The van der Waals surface area contributed by atoms with Crippen molar-refractivity contribution in [3.8, 4) is 5.75 Å². The molecule has 0 spiro atoms. The van der Waals surface area contributed by atoms with Crippen LogP contribution in [0.3, 0.4) is 0 Å². The first-order chi connectivity index (χ1) is 9.65. The fourth-order valence-electron chi connectivity index (χ4n) is 2.37. The highest BCUT2D eigenvalue weighted by molar-refractivity contribution is 6.31. The summed E-state index contributed by atoms with van der Waals surface area (Å²) >= 11 is 6.21. The van der Waals surface area contributed by atoms with Crippen LogP contribution in [0.25, 0.3) is 0 Å². The van der Waals surface area contributed by atoms with Crippen molar-refractivity contribution in [1.29, 1.82) is 0 Å². The predicted molar refractivity (Wildman–Crippen MR) is 84.7 cm³/mol. The number of likely N-dealkylation sites (N-methyl/N-ethyl adjacent to an activating group) is 1. The number of halogens is 1. The lowest BCUT2D eigenvalue weighted by atomic mass is 9.95. The predicted octanol–water partition coefficient (Wildman–Crippen LogP) is 4.16. The van der Waals surface area contributed by atoms with Gasteiger partial charge in [-0.1, -0.05) is 35.9 Å². The van der Waals surface area contributed by atoms with Crippen LogP contribution >= 0.6 is 11.6 Å². The van der Waals surface area contributed by atoms with Crippen LogP contribution < -0.4 is 10.1 Å². The van der Waals surface area contributed by atoms with E-state index in [-0.39, 0.29) is 6.04 Å². The van der Waals surface area contributed by atoms with Gasteiger partial charge < -0.3 is 10.1 Å². The number of hydrogen-bond donors (Lipinski definition) is 1. The highest BCUT2D eigenvalue weighted by Crippen LogP contribution is 2.26. The topological polar surface area (TPSA) is 21.3 Å². The maximum absolute atomic E-state index is 6.21. The van der Waals surface area contributed by atoms with E-state index in [1.165, 1.54) is 11.1 Å².